The molecule has 0 fully saturated rings. The van der Waals surface area contributed by atoms with Gasteiger partial charge in [-0.05, 0) is 83.9 Å². The largest absolute Gasteiger partial charge is 0.454 e. The van der Waals surface area contributed by atoms with Crippen LogP contribution in [0.2, 0.25) is 0 Å². The van der Waals surface area contributed by atoms with Gasteiger partial charge in [0.05, 0.1) is 5.69 Å². The van der Waals surface area contributed by atoms with E-state index in [1.807, 2.05) is 12.1 Å². The number of hydrogen-bond donors (Lipinski definition) is 0. The average Bonchev–Trinajstić information content (AvgIpc) is 3.53. The van der Waals surface area contributed by atoms with Crippen LogP contribution in [0.25, 0.3) is 21.9 Å². The Morgan fingerprint density at radius 3 is 1.36 bits per heavy atom. The van der Waals surface area contributed by atoms with Gasteiger partial charge in [0.2, 0.25) is 0 Å². The first-order chi connectivity index (χ1) is 23.2. The molecule has 0 radical (unpaired) electrons. The zero-order valence-electron chi connectivity index (χ0n) is 26.2. The minimum Gasteiger partial charge on any atom is -0.454 e. The van der Waals surface area contributed by atoms with Gasteiger partial charge in [0.1, 0.15) is 5.58 Å². The lowest BCUT2D eigenvalue weighted by molar-refractivity contribution is 0.669. The Balaban J connectivity index is 1.12. The van der Waals surface area contributed by atoms with E-state index in [-0.39, 0.29) is 5.92 Å². The molecule has 8 rings (SSSR count). The van der Waals surface area contributed by atoms with E-state index in [1.165, 1.54) is 11.1 Å². The highest BCUT2D eigenvalue weighted by Gasteiger charge is 2.20. The molecule has 0 amide bonds. The number of hydrogen-bond acceptors (Lipinski definition) is 3. The molecule has 0 spiro atoms. The zero-order valence-corrected chi connectivity index (χ0v) is 26.2. The number of rotatable bonds is 8. The maximum Gasteiger partial charge on any atom is 0.159 e. The highest BCUT2D eigenvalue weighted by Crippen LogP contribution is 2.42. The standard InChI is InChI=1S/C44H34N2O/c1-32(33-24-28-38(29-25-33)45(35-14-5-2-6-15-35)36-16-7-3-8-17-36)34-26-30-39(31-27-34)46(37-18-9-4-10-19-37)42-22-13-21-41-40-20-11-12-23-43(40)47-44(41)42/h2-32H,1H3. The number of benzene rings is 7. The molecule has 0 aliphatic heterocycles. The molecule has 3 heteroatoms. The van der Waals surface area contributed by atoms with Gasteiger partial charge in [-0.1, -0.05) is 116 Å². The molecular weight excluding hydrogens is 572 g/mol. The van der Waals surface area contributed by atoms with Crippen molar-refractivity contribution in [3.63, 3.8) is 0 Å². The van der Waals surface area contributed by atoms with E-state index in [2.05, 4.69) is 187 Å². The first-order valence-electron chi connectivity index (χ1n) is 16.1. The van der Waals surface area contributed by atoms with Crippen molar-refractivity contribution in [3.8, 4) is 0 Å². The van der Waals surface area contributed by atoms with Crippen molar-refractivity contribution in [3.05, 3.63) is 193 Å². The van der Waals surface area contributed by atoms with Crippen LogP contribution in [0.15, 0.2) is 186 Å². The predicted octanol–water partition coefficient (Wildman–Crippen LogP) is 12.7. The normalized spacial score (nSPS) is 11.9. The van der Waals surface area contributed by atoms with Gasteiger partial charge in [-0.25, -0.2) is 0 Å². The Hall–Kier alpha value is -6.06. The number of nitrogens with zero attached hydrogens (tertiary/aromatic N) is 2. The Morgan fingerprint density at radius 1 is 0.383 bits per heavy atom. The van der Waals surface area contributed by atoms with Crippen molar-refractivity contribution in [2.45, 2.75) is 12.8 Å². The van der Waals surface area contributed by atoms with Crippen LogP contribution in [-0.4, -0.2) is 0 Å². The molecule has 8 aromatic rings. The van der Waals surface area contributed by atoms with E-state index in [4.69, 9.17) is 4.42 Å². The minimum absolute atomic E-state index is 0.226. The molecule has 0 aliphatic carbocycles. The predicted molar refractivity (Wildman–Crippen MR) is 197 cm³/mol. The van der Waals surface area contributed by atoms with Gasteiger partial charge in [-0.2, -0.15) is 0 Å². The smallest absolute Gasteiger partial charge is 0.159 e. The lowest BCUT2D eigenvalue weighted by atomic mass is 9.92. The molecule has 0 saturated carbocycles. The molecule has 226 valence electrons. The molecule has 0 N–H and O–H groups in total. The molecule has 0 saturated heterocycles. The van der Waals surface area contributed by atoms with Gasteiger partial charge in [0.25, 0.3) is 0 Å². The molecule has 1 heterocycles. The Kier molecular flexibility index (Phi) is 7.49. The van der Waals surface area contributed by atoms with E-state index in [0.29, 0.717) is 0 Å². The summed E-state index contributed by atoms with van der Waals surface area (Å²) in [6, 6.07) is 64.1. The minimum atomic E-state index is 0.226. The van der Waals surface area contributed by atoms with Crippen LogP contribution < -0.4 is 9.80 Å². The number of anilines is 6. The van der Waals surface area contributed by atoms with E-state index in [9.17, 15) is 0 Å². The molecule has 0 aliphatic rings. The molecule has 47 heavy (non-hydrogen) atoms. The number of furan rings is 1. The highest BCUT2D eigenvalue weighted by atomic mass is 16.3. The van der Waals surface area contributed by atoms with Crippen LogP contribution in [-0.2, 0) is 0 Å². The SMILES string of the molecule is CC(c1ccc(N(c2ccccc2)c2ccccc2)cc1)c1ccc(N(c2ccccc2)c2cccc3c2oc2ccccc23)cc1. The zero-order chi connectivity index (χ0) is 31.6. The maximum atomic E-state index is 6.47. The van der Waals surface area contributed by atoms with Crippen molar-refractivity contribution in [1.82, 2.24) is 0 Å². The van der Waals surface area contributed by atoms with Crippen molar-refractivity contribution >= 4 is 56.1 Å². The van der Waals surface area contributed by atoms with Crippen LogP contribution in [0, 0.1) is 0 Å². The average molecular weight is 607 g/mol. The van der Waals surface area contributed by atoms with Crippen molar-refractivity contribution in [2.75, 3.05) is 9.80 Å². The fraction of sp³-hybridized carbons (Fsp3) is 0.0455. The Morgan fingerprint density at radius 2 is 0.809 bits per heavy atom. The van der Waals surface area contributed by atoms with E-state index < -0.39 is 0 Å². The number of fused-ring (bicyclic) bond motifs is 3. The molecule has 3 nitrogen and oxygen atoms in total. The van der Waals surface area contributed by atoms with Crippen LogP contribution in [0.4, 0.5) is 34.1 Å². The molecule has 1 aromatic heterocycles. The second-order valence-corrected chi connectivity index (χ2v) is 11.8. The van der Waals surface area contributed by atoms with Crippen LogP contribution >= 0.6 is 0 Å². The van der Waals surface area contributed by atoms with Gasteiger partial charge in [0.15, 0.2) is 5.58 Å². The summed E-state index contributed by atoms with van der Waals surface area (Å²) >= 11 is 0. The van der Waals surface area contributed by atoms with Gasteiger partial charge in [0, 0.05) is 45.1 Å². The summed E-state index contributed by atoms with van der Waals surface area (Å²) in [5.41, 5.74) is 10.9. The van der Waals surface area contributed by atoms with Crippen molar-refractivity contribution in [2.24, 2.45) is 0 Å². The molecule has 1 unspecified atom stereocenters. The van der Waals surface area contributed by atoms with E-state index in [1.54, 1.807) is 0 Å². The monoisotopic (exact) mass is 606 g/mol. The van der Waals surface area contributed by atoms with Crippen LogP contribution in [0.3, 0.4) is 0 Å². The fourth-order valence-corrected chi connectivity index (χ4v) is 6.53. The second kappa shape index (κ2) is 12.4. The summed E-state index contributed by atoms with van der Waals surface area (Å²) in [5, 5.41) is 2.24. The maximum absolute atomic E-state index is 6.47. The van der Waals surface area contributed by atoms with Gasteiger partial charge in [-0.3, -0.25) is 0 Å². The first kappa shape index (κ1) is 28.4. The molecular formula is C44H34N2O. The topological polar surface area (TPSA) is 19.6 Å². The lowest BCUT2D eigenvalue weighted by Gasteiger charge is -2.26. The molecule has 1 atom stereocenters. The summed E-state index contributed by atoms with van der Waals surface area (Å²) in [4.78, 5) is 4.58. The summed E-state index contributed by atoms with van der Waals surface area (Å²) < 4.78 is 6.47. The lowest BCUT2D eigenvalue weighted by Crippen LogP contribution is -2.10. The molecule has 7 aromatic carbocycles. The quantitative estimate of drug-likeness (QED) is 0.172. The Labute approximate surface area is 275 Å². The van der Waals surface area contributed by atoms with Crippen LogP contribution in [0.5, 0.6) is 0 Å². The summed E-state index contributed by atoms with van der Waals surface area (Å²) in [5.74, 6) is 0.226. The van der Waals surface area contributed by atoms with E-state index in [0.717, 1.165) is 56.1 Å². The van der Waals surface area contributed by atoms with Gasteiger partial charge < -0.3 is 14.2 Å². The van der Waals surface area contributed by atoms with Gasteiger partial charge in [-0.15, -0.1) is 0 Å². The Bertz CT molecular complexity index is 2200. The van der Waals surface area contributed by atoms with Gasteiger partial charge >= 0.3 is 0 Å². The third-order valence-electron chi connectivity index (χ3n) is 8.97. The van der Waals surface area contributed by atoms with Crippen molar-refractivity contribution in [1.29, 1.82) is 0 Å². The number of para-hydroxylation sites is 5. The third kappa shape index (κ3) is 5.43. The highest BCUT2D eigenvalue weighted by molar-refractivity contribution is 6.10. The second-order valence-electron chi connectivity index (χ2n) is 11.8. The summed E-state index contributed by atoms with van der Waals surface area (Å²) in [7, 11) is 0. The van der Waals surface area contributed by atoms with Crippen molar-refractivity contribution < 1.29 is 4.42 Å². The van der Waals surface area contributed by atoms with Crippen LogP contribution in [0.1, 0.15) is 24.0 Å². The third-order valence-corrected chi connectivity index (χ3v) is 8.97. The molecule has 0 bridgehead atoms. The first-order valence-corrected chi connectivity index (χ1v) is 16.1. The summed E-state index contributed by atoms with van der Waals surface area (Å²) in [6.45, 7) is 2.28. The summed E-state index contributed by atoms with van der Waals surface area (Å²) in [6.07, 6.45) is 0. The van der Waals surface area contributed by atoms with E-state index >= 15 is 0 Å². The fourth-order valence-electron chi connectivity index (χ4n) is 6.53.